The van der Waals surface area contributed by atoms with Gasteiger partial charge in [0.2, 0.25) is 0 Å². The van der Waals surface area contributed by atoms with Gasteiger partial charge in [-0.3, -0.25) is 9.78 Å². The van der Waals surface area contributed by atoms with Crippen molar-refractivity contribution in [3.8, 4) is 11.5 Å². The molecular weight excluding hydrogens is 280 g/mol. The van der Waals surface area contributed by atoms with Crippen molar-refractivity contribution in [2.75, 3.05) is 19.8 Å². The van der Waals surface area contributed by atoms with Crippen LogP contribution in [0.3, 0.4) is 0 Å². The van der Waals surface area contributed by atoms with Crippen molar-refractivity contribution in [3.05, 3.63) is 53.9 Å². The van der Waals surface area contributed by atoms with E-state index in [0.29, 0.717) is 25.3 Å². The van der Waals surface area contributed by atoms with Gasteiger partial charge in [-0.1, -0.05) is 6.07 Å². The molecule has 2 heterocycles. The molecule has 0 fully saturated rings. The Kier molecular flexibility index (Phi) is 4.53. The fourth-order valence-electron chi connectivity index (χ4n) is 2.28. The van der Waals surface area contributed by atoms with Gasteiger partial charge in [-0.2, -0.15) is 0 Å². The van der Waals surface area contributed by atoms with E-state index in [0.717, 1.165) is 29.9 Å². The molecule has 1 amide bonds. The highest BCUT2D eigenvalue weighted by Gasteiger charge is 2.11. The number of hydrogen-bond donors (Lipinski definition) is 1. The molecule has 1 N–H and O–H groups in total. The second-order valence-corrected chi connectivity index (χ2v) is 5.08. The Balaban J connectivity index is 1.56. The third-order valence-electron chi connectivity index (χ3n) is 3.43. The van der Waals surface area contributed by atoms with Crippen LogP contribution in [0.4, 0.5) is 0 Å². The topological polar surface area (TPSA) is 60.5 Å². The molecule has 0 saturated heterocycles. The lowest BCUT2D eigenvalue weighted by Gasteiger charge is -2.10. The van der Waals surface area contributed by atoms with Crippen molar-refractivity contribution in [1.82, 2.24) is 10.3 Å². The number of carbonyl (C=O) groups excluding carboxylic acids is 1. The highest BCUT2D eigenvalue weighted by Crippen LogP contribution is 2.30. The highest BCUT2D eigenvalue weighted by molar-refractivity contribution is 5.93. The third kappa shape index (κ3) is 3.55. The maximum absolute atomic E-state index is 11.9. The molecule has 1 aliphatic rings. The summed E-state index contributed by atoms with van der Waals surface area (Å²) in [4.78, 5) is 15.9. The summed E-state index contributed by atoms with van der Waals surface area (Å²) in [6.07, 6.45) is 4.84. The minimum Gasteiger partial charge on any atom is -0.490 e. The van der Waals surface area contributed by atoms with E-state index in [2.05, 4.69) is 10.3 Å². The van der Waals surface area contributed by atoms with Crippen LogP contribution >= 0.6 is 0 Å². The standard InChI is InChI=1S/C17H18N2O3/c20-17(14-3-1-7-18-12-14)19-8-6-13-4-5-15-16(11-13)22-10-2-9-21-15/h1,3-5,7,11-12H,2,6,8-10H2,(H,19,20). The van der Waals surface area contributed by atoms with Gasteiger partial charge < -0.3 is 14.8 Å². The Morgan fingerprint density at radius 1 is 1.18 bits per heavy atom. The van der Waals surface area contributed by atoms with Crippen LogP contribution in [-0.4, -0.2) is 30.6 Å². The Morgan fingerprint density at radius 2 is 2.05 bits per heavy atom. The summed E-state index contributed by atoms with van der Waals surface area (Å²) in [5.74, 6) is 1.47. The number of benzene rings is 1. The van der Waals surface area contributed by atoms with Crippen LogP contribution in [0.2, 0.25) is 0 Å². The second-order valence-electron chi connectivity index (χ2n) is 5.08. The molecule has 1 aliphatic heterocycles. The minimum atomic E-state index is -0.109. The molecular formula is C17H18N2O3. The number of nitrogens with zero attached hydrogens (tertiary/aromatic N) is 1. The summed E-state index contributed by atoms with van der Waals surface area (Å²) in [6, 6.07) is 9.41. The van der Waals surface area contributed by atoms with Gasteiger partial charge in [-0.05, 0) is 36.2 Å². The lowest BCUT2D eigenvalue weighted by atomic mass is 10.1. The molecule has 0 bridgehead atoms. The van der Waals surface area contributed by atoms with Crippen LogP contribution in [-0.2, 0) is 6.42 Å². The van der Waals surface area contributed by atoms with Crippen molar-refractivity contribution in [3.63, 3.8) is 0 Å². The van der Waals surface area contributed by atoms with Crippen LogP contribution in [0.25, 0.3) is 0 Å². The number of nitrogens with one attached hydrogen (secondary N) is 1. The Hall–Kier alpha value is -2.56. The van der Waals surface area contributed by atoms with Crippen molar-refractivity contribution >= 4 is 5.91 Å². The van der Waals surface area contributed by atoms with Crippen molar-refractivity contribution < 1.29 is 14.3 Å². The number of ether oxygens (including phenoxy) is 2. The van der Waals surface area contributed by atoms with E-state index in [1.165, 1.54) is 0 Å². The first-order valence-electron chi connectivity index (χ1n) is 7.40. The van der Waals surface area contributed by atoms with Gasteiger partial charge in [0.15, 0.2) is 11.5 Å². The molecule has 0 aliphatic carbocycles. The fraction of sp³-hybridized carbons (Fsp3) is 0.294. The van der Waals surface area contributed by atoms with Crippen molar-refractivity contribution in [2.45, 2.75) is 12.8 Å². The first-order chi connectivity index (χ1) is 10.8. The normalized spacial score (nSPS) is 13.3. The molecule has 0 radical (unpaired) electrons. The molecule has 114 valence electrons. The predicted molar refractivity (Wildman–Crippen MR) is 82.3 cm³/mol. The fourth-order valence-corrected chi connectivity index (χ4v) is 2.28. The van der Waals surface area contributed by atoms with Crippen LogP contribution in [0, 0.1) is 0 Å². The van der Waals surface area contributed by atoms with Crippen LogP contribution in [0.1, 0.15) is 22.3 Å². The largest absolute Gasteiger partial charge is 0.490 e. The first kappa shape index (κ1) is 14.4. The second kappa shape index (κ2) is 6.93. The summed E-state index contributed by atoms with van der Waals surface area (Å²) in [5.41, 5.74) is 1.68. The van der Waals surface area contributed by atoms with Gasteiger partial charge in [-0.15, -0.1) is 0 Å². The number of aromatic nitrogens is 1. The molecule has 2 aromatic rings. The number of hydrogen-bond acceptors (Lipinski definition) is 4. The lowest BCUT2D eigenvalue weighted by Crippen LogP contribution is -2.25. The van der Waals surface area contributed by atoms with E-state index in [9.17, 15) is 4.79 Å². The van der Waals surface area contributed by atoms with Crippen LogP contribution in [0.5, 0.6) is 11.5 Å². The molecule has 1 aromatic carbocycles. The zero-order chi connectivity index (χ0) is 15.2. The van der Waals surface area contributed by atoms with Crippen molar-refractivity contribution in [2.24, 2.45) is 0 Å². The molecule has 5 nitrogen and oxygen atoms in total. The monoisotopic (exact) mass is 298 g/mol. The molecule has 22 heavy (non-hydrogen) atoms. The number of rotatable bonds is 4. The van der Waals surface area contributed by atoms with Gasteiger partial charge in [-0.25, -0.2) is 0 Å². The number of carbonyl (C=O) groups is 1. The lowest BCUT2D eigenvalue weighted by molar-refractivity contribution is 0.0954. The summed E-state index contributed by atoms with van der Waals surface area (Å²) in [7, 11) is 0. The molecule has 5 heteroatoms. The maximum atomic E-state index is 11.9. The van der Waals surface area contributed by atoms with E-state index in [1.807, 2.05) is 18.2 Å². The Bertz CT molecular complexity index is 644. The summed E-state index contributed by atoms with van der Waals surface area (Å²) >= 11 is 0. The van der Waals surface area contributed by atoms with Crippen LogP contribution < -0.4 is 14.8 Å². The number of pyridine rings is 1. The molecule has 1 aromatic heterocycles. The smallest absolute Gasteiger partial charge is 0.252 e. The molecule has 0 spiro atoms. The van der Waals surface area contributed by atoms with Crippen molar-refractivity contribution in [1.29, 1.82) is 0 Å². The Labute approximate surface area is 129 Å². The zero-order valence-electron chi connectivity index (χ0n) is 12.2. The van der Waals surface area contributed by atoms with E-state index in [-0.39, 0.29) is 5.91 Å². The van der Waals surface area contributed by atoms with Gasteiger partial charge in [0, 0.05) is 25.4 Å². The predicted octanol–water partition coefficient (Wildman–Crippen LogP) is 2.22. The third-order valence-corrected chi connectivity index (χ3v) is 3.43. The molecule has 3 rings (SSSR count). The number of fused-ring (bicyclic) bond motifs is 1. The van der Waals surface area contributed by atoms with Gasteiger partial charge in [0.1, 0.15) is 0 Å². The summed E-state index contributed by atoms with van der Waals surface area (Å²) < 4.78 is 11.3. The molecule has 0 saturated carbocycles. The van der Waals surface area contributed by atoms with Gasteiger partial charge in [0.25, 0.3) is 5.91 Å². The minimum absolute atomic E-state index is 0.109. The molecule has 0 unspecified atom stereocenters. The van der Waals surface area contributed by atoms with Crippen LogP contribution in [0.15, 0.2) is 42.7 Å². The SMILES string of the molecule is O=C(NCCc1ccc2c(c1)OCCCO2)c1cccnc1. The maximum Gasteiger partial charge on any atom is 0.252 e. The summed E-state index contributed by atoms with van der Waals surface area (Å²) in [5, 5.41) is 2.89. The molecule has 0 atom stereocenters. The number of amides is 1. The average Bonchev–Trinajstić information content (AvgIpc) is 2.80. The van der Waals surface area contributed by atoms with E-state index >= 15 is 0 Å². The van der Waals surface area contributed by atoms with E-state index < -0.39 is 0 Å². The highest BCUT2D eigenvalue weighted by atomic mass is 16.5. The quantitative estimate of drug-likeness (QED) is 0.940. The Morgan fingerprint density at radius 3 is 2.86 bits per heavy atom. The zero-order valence-corrected chi connectivity index (χ0v) is 12.2. The average molecular weight is 298 g/mol. The van der Waals surface area contributed by atoms with Gasteiger partial charge in [0.05, 0.1) is 18.8 Å². The van der Waals surface area contributed by atoms with E-state index in [1.54, 1.807) is 24.5 Å². The first-order valence-corrected chi connectivity index (χ1v) is 7.40. The van der Waals surface area contributed by atoms with Gasteiger partial charge >= 0.3 is 0 Å². The van der Waals surface area contributed by atoms with E-state index in [4.69, 9.17) is 9.47 Å². The summed E-state index contributed by atoms with van der Waals surface area (Å²) in [6.45, 7) is 1.93.